The van der Waals surface area contributed by atoms with E-state index in [2.05, 4.69) is 14.9 Å². The number of ether oxygens (including phenoxy) is 2. The average Bonchev–Trinajstić information content (AvgIpc) is 2.46. The quantitative estimate of drug-likeness (QED) is 0.402. The Morgan fingerprint density at radius 1 is 0.905 bits per heavy atom. The molecule has 0 aliphatic carbocycles. The number of carbonyl (C=O) groups is 4. The Morgan fingerprint density at radius 2 is 1.38 bits per heavy atom. The molecule has 9 heteroatoms. The number of amides is 1. The Balaban J connectivity index is 4.34. The van der Waals surface area contributed by atoms with Gasteiger partial charge in [0.25, 0.3) is 0 Å². The molecule has 0 fully saturated rings. The number of methoxy groups -OCH3 is 2. The van der Waals surface area contributed by atoms with Crippen LogP contribution < -0.4 is 5.43 Å². The fourth-order valence-corrected chi connectivity index (χ4v) is 1.33. The van der Waals surface area contributed by atoms with Gasteiger partial charge in [-0.05, 0) is 0 Å². The second kappa shape index (κ2) is 10.6. The number of esters is 2. The summed E-state index contributed by atoms with van der Waals surface area (Å²) in [6.07, 6.45) is -0.441. The van der Waals surface area contributed by atoms with Crippen molar-refractivity contribution in [3.8, 4) is 0 Å². The number of carboxylic acid groups (broad SMARTS) is 1. The largest absolute Gasteiger partial charge is 0.481 e. The van der Waals surface area contributed by atoms with Crippen molar-refractivity contribution in [2.24, 2.45) is 0 Å². The van der Waals surface area contributed by atoms with Crippen molar-refractivity contribution in [2.45, 2.75) is 25.7 Å². The monoisotopic (exact) mass is 304 g/mol. The van der Waals surface area contributed by atoms with E-state index in [1.54, 1.807) is 0 Å². The summed E-state index contributed by atoms with van der Waals surface area (Å²) in [5.41, 5.74) is 2.45. The lowest BCUT2D eigenvalue weighted by atomic mass is 10.3. The van der Waals surface area contributed by atoms with Crippen molar-refractivity contribution in [1.82, 2.24) is 10.4 Å². The van der Waals surface area contributed by atoms with Crippen LogP contribution in [0, 0.1) is 0 Å². The maximum Gasteiger partial charge on any atom is 0.306 e. The highest BCUT2D eigenvalue weighted by atomic mass is 16.5. The third-order valence-electron chi connectivity index (χ3n) is 2.48. The number of aliphatic carboxylic acids is 1. The van der Waals surface area contributed by atoms with Gasteiger partial charge in [0.1, 0.15) is 0 Å². The highest BCUT2D eigenvalue weighted by Gasteiger charge is 2.14. The molecule has 120 valence electrons. The molecule has 0 aliphatic heterocycles. The van der Waals surface area contributed by atoms with Gasteiger partial charge in [-0.25, -0.2) is 5.01 Å². The summed E-state index contributed by atoms with van der Waals surface area (Å²) in [7, 11) is 2.49. The maximum atomic E-state index is 11.5. The zero-order valence-electron chi connectivity index (χ0n) is 12.1. The van der Waals surface area contributed by atoms with Gasteiger partial charge in [0, 0.05) is 19.5 Å². The van der Waals surface area contributed by atoms with E-state index in [1.807, 2.05) is 0 Å². The van der Waals surface area contributed by atoms with Crippen molar-refractivity contribution >= 4 is 23.8 Å². The summed E-state index contributed by atoms with van der Waals surface area (Å²) in [5.74, 6) is -2.51. The van der Waals surface area contributed by atoms with E-state index in [9.17, 15) is 19.2 Å². The predicted molar refractivity (Wildman–Crippen MR) is 69.9 cm³/mol. The molecule has 0 radical (unpaired) electrons. The Labute approximate surface area is 122 Å². The fourth-order valence-electron chi connectivity index (χ4n) is 1.33. The molecule has 0 atom stereocenters. The number of nitrogens with one attached hydrogen (secondary N) is 1. The van der Waals surface area contributed by atoms with Gasteiger partial charge >= 0.3 is 17.9 Å². The molecule has 0 bridgehead atoms. The molecule has 21 heavy (non-hydrogen) atoms. The summed E-state index contributed by atoms with van der Waals surface area (Å²) < 4.78 is 8.97. The second-order valence-electron chi connectivity index (χ2n) is 4.07. The van der Waals surface area contributed by atoms with Gasteiger partial charge in [-0.3, -0.25) is 24.6 Å². The van der Waals surface area contributed by atoms with Crippen LogP contribution in [0.2, 0.25) is 0 Å². The topological polar surface area (TPSA) is 122 Å². The van der Waals surface area contributed by atoms with E-state index in [0.29, 0.717) is 0 Å². The fraction of sp³-hybridized carbons (Fsp3) is 0.667. The van der Waals surface area contributed by atoms with Gasteiger partial charge in [-0.15, -0.1) is 0 Å². The minimum atomic E-state index is -1.08. The molecule has 9 nitrogen and oxygen atoms in total. The number of rotatable bonds is 10. The second-order valence-corrected chi connectivity index (χ2v) is 4.07. The average molecular weight is 304 g/mol. The van der Waals surface area contributed by atoms with Gasteiger partial charge in [0.15, 0.2) is 0 Å². The van der Waals surface area contributed by atoms with Gasteiger partial charge in [-0.1, -0.05) is 0 Å². The number of hydrazine groups is 1. The van der Waals surface area contributed by atoms with Gasteiger partial charge in [0.05, 0.1) is 33.5 Å². The summed E-state index contributed by atoms with van der Waals surface area (Å²) in [6, 6.07) is 0. The first-order valence-corrected chi connectivity index (χ1v) is 6.29. The summed E-state index contributed by atoms with van der Waals surface area (Å²) in [6.45, 7) is 0.283. The van der Waals surface area contributed by atoms with Crippen LogP contribution in [0.4, 0.5) is 0 Å². The van der Waals surface area contributed by atoms with Crippen LogP contribution in [0.25, 0.3) is 0 Å². The molecule has 2 N–H and O–H groups in total. The number of carboxylic acids is 1. The molecule has 0 aromatic heterocycles. The number of hydrogen-bond acceptors (Lipinski definition) is 7. The minimum absolute atomic E-state index is 0.0247. The molecule has 0 aliphatic rings. The summed E-state index contributed by atoms with van der Waals surface area (Å²) in [4.78, 5) is 44.1. The normalized spacial score (nSPS) is 10.0. The van der Waals surface area contributed by atoms with Crippen LogP contribution in [0.5, 0.6) is 0 Å². The Morgan fingerprint density at radius 3 is 1.76 bits per heavy atom. The number of nitrogens with zero attached hydrogens (tertiary/aromatic N) is 1. The predicted octanol–water partition coefficient (Wildman–Crippen LogP) is -0.689. The lowest BCUT2D eigenvalue weighted by Crippen LogP contribution is -2.44. The maximum absolute atomic E-state index is 11.5. The summed E-state index contributed by atoms with van der Waals surface area (Å²) >= 11 is 0. The lowest BCUT2D eigenvalue weighted by molar-refractivity contribution is -0.142. The third-order valence-corrected chi connectivity index (χ3v) is 2.48. The number of carbonyl (C=O) groups excluding carboxylic acids is 3. The smallest absolute Gasteiger partial charge is 0.306 e. The molecular formula is C12H20N2O7. The van der Waals surface area contributed by atoms with Crippen molar-refractivity contribution < 1.29 is 33.8 Å². The Kier molecular flexibility index (Phi) is 9.52. The molecule has 0 aromatic rings. The van der Waals surface area contributed by atoms with Crippen LogP contribution >= 0.6 is 0 Å². The van der Waals surface area contributed by atoms with E-state index in [-0.39, 0.29) is 38.8 Å². The van der Waals surface area contributed by atoms with Crippen LogP contribution in [0.15, 0.2) is 0 Å². The highest BCUT2D eigenvalue weighted by molar-refractivity contribution is 5.80. The van der Waals surface area contributed by atoms with Crippen molar-refractivity contribution in [3.63, 3.8) is 0 Å². The van der Waals surface area contributed by atoms with Gasteiger partial charge < -0.3 is 14.6 Å². The zero-order chi connectivity index (χ0) is 16.3. The molecule has 0 rings (SSSR count). The van der Waals surface area contributed by atoms with Crippen LogP contribution in [0.3, 0.4) is 0 Å². The zero-order valence-corrected chi connectivity index (χ0v) is 12.1. The standard InChI is InChI=1S/C12H20N2O7/c1-20-11(18)5-7-14(8-6-12(19)21-2)13-9(15)3-4-10(16)17/h3-8H2,1-2H3,(H,13,15)(H,16,17). The molecule has 0 heterocycles. The molecule has 1 amide bonds. The third kappa shape index (κ3) is 10.3. The molecular weight excluding hydrogens is 284 g/mol. The van der Waals surface area contributed by atoms with E-state index in [0.717, 1.165) is 0 Å². The highest BCUT2D eigenvalue weighted by Crippen LogP contribution is 1.96. The van der Waals surface area contributed by atoms with Crippen molar-refractivity contribution in [3.05, 3.63) is 0 Å². The first-order valence-electron chi connectivity index (χ1n) is 6.29. The van der Waals surface area contributed by atoms with Crippen LogP contribution in [-0.2, 0) is 28.7 Å². The molecule has 0 saturated carbocycles. The van der Waals surface area contributed by atoms with Crippen molar-refractivity contribution in [2.75, 3.05) is 27.3 Å². The van der Waals surface area contributed by atoms with Crippen LogP contribution in [0.1, 0.15) is 25.7 Å². The SMILES string of the molecule is COC(=O)CCN(CCC(=O)OC)NC(=O)CCC(=O)O. The summed E-state index contributed by atoms with van der Waals surface area (Å²) in [5, 5.41) is 9.86. The Hall–Kier alpha value is -2.16. The van der Waals surface area contributed by atoms with E-state index in [4.69, 9.17) is 5.11 Å². The first-order chi connectivity index (χ1) is 9.88. The molecule has 0 unspecified atom stereocenters. The van der Waals surface area contributed by atoms with E-state index < -0.39 is 23.8 Å². The van der Waals surface area contributed by atoms with Crippen molar-refractivity contribution in [1.29, 1.82) is 0 Å². The lowest BCUT2D eigenvalue weighted by Gasteiger charge is -2.22. The molecule has 0 spiro atoms. The van der Waals surface area contributed by atoms with Gasteiger partial charge in [0.2, 0.25) is 5.91 Å². The molecule has 0 aromatic carbocycles. The first kappa shape index (κ1) is 18.8. The minimum Gasteiger partial charge on any atom is -0.481 e. The molecule has 0 saturated heterocycles. The van der Waals surface area contributed by atoms with E-state index in [1.165, 1.54) is 19.2 Å². The number of hydrogen-bond donors (Lipinski definition) is 2. The van der Waals surface area contributed by atoms with Gasteiger partial charge in [-0.2, -0.15) is 0 Å². The van der Waals surface area contributed by atoms with Crippen LogP contribution in [-0.4, -0.2) is 61.2 Å². The Bertz CT molecular complexity index is 364. The van der Waals surface area contributed by atoms with E-state index >= 15 is 0 Å².